The minimum Gasteiger partial charge on any atom is -0.339 e. The summed E-state index contributed by atoms with van der Waals surface area (Å²) in [7, 11) is 0. The zero-order valence-corrected chi connectivity index (χ0v) is 11.2. The molecule has 0 fully saturated rings. The molecule has 1 heterocycles. The molecule has 2 aromatic rings. The van der Waals surface area contributed by atoms with Crippen LogP contribution >= 0.6 is 15.9 Å². The standard InChI is InChI=1S/C13H14BrN3/c1-9-6-12(14)13(16-8-9)17-11-4-2-10(7-15)3-5-11/h2-6,8H,7,15H2,1H3,(H,16,17). The number of aromatic nitrogens is 1. The fraction of sp³-hybridized carbons (Fsp3) is 0.154. The van der Waals surface area contributed by atoms with E-state index in [1.807, 2.05) is 43.5 Å². The van der Waals surface area contributed by atoms with Crippen LogP contribution in [-0.2, 0) is 6.54 Å². The van der Waals surface area contributed by atoms with Crippen LogP contribution in [0, 0.1) is 6.92 Å². The summed E-state index contributed by atoms with van der Waals surface area (Å²) in [6, 6.07) is 10.0. The normalized spacial score (nSPS) is 10.3. The number of pyridine rings is 1. The monoisotopic (exact) mass is 291 g/mol. The van der Waals surface area contributed by atoms with Crippen molar-refractivity contribution in [3.8, 4) is 0 Å². The quantitative estimate of drug-likeness (QED) is 0.912. The van der Waals surface area contributed by atoms with Crippen molar-refractivity contribution >= 4 is 27.4 Å². The van der Waals surface area contributed by atoms with Gasteiger partial charge in [-0.1, -0.05) is 12.1 Å². The van der Waals surface area contributed by atoms with Gasteiger partial charge in [-0.3, -0.25) is 0 Å². The number of rotatable bonds is 3. The van der Waals surface area contributed by atoms with Crippen molar-refractivity contribution in [3.63, 3.8) is 0 Å². The summed E-state index contributed by atoms with van der Waals surface area (Å²) in [5.74, 6) is 0.816. The van der Waals surface area contributed by atoms with Crippen LogP contribution in [0.1, 0.15) is 11.1 Å². The predicted molar refractivity (Wildman–Crippen MR) is 74.3 cm³/mol. The highest BCUT2D eigenvalue weighted by Gasteiger charge is 2.02. The molecule has 0 unspecified atom stereocenters. The SMILES string of the molecule is Cc1cnc(Nc2ccc(CN)cc2)c(Br)c1. The molecule has 3 N–H and O–H groups in total. The zero-order valence-electron chi connectivity index (χ0n) is 9.57. The van der Waals surface area contributed by atoms with Crippen LogP contribution in [-0.4, -0.2) is 4.98 Å². The fourth-order valence-electron chi connectivity index (χ4n) is 1.49. The smallest absolute Gasteiger partial charge is 0.144 e. The van der Waals surface area contributed by atoms with Gasteiger partial charge in [-0.15, -0.1) is 0 Å². The maximum absolute atomic E-state index is 5.55. The number of anilines is 2. The van der Waals surface area contributed by atoms with Gasteiger partial charge in [-0.2, -0.15) is 0 Å². The molecule has 2 rings (SSSR count). The highest BCUT2D eigenvalue weighted by atomic mass is 79.9. The molecule has 1 aromatic carbocycles. The van der Waals surface area contributed by atoms with Crippen LogP contribution in [0.15, 0.2) is 41.0 Å². The van der Waals surface area contributed by atoms with Crippen LogP contribution in [0.4, 0.5) is 11.5 Å². The Hall–Kier alpha value is -1.39. The molecule has 0 spiro atoms. The van der Waals surface area contributed by atoms with E-state index < -0.39 is 0 Å². The Bertz CT molecular complexity index is 509. The molecule has 0 aliphatic carbocycles. The van der Waals surface area contributed by atoms with E-state index in [1.165, 1.54) is 0 Å². The van der Waals surface area contributed by atoms with Crippen molar-refractivity contribution in [1.82, 2.24) is 4.98 Å². The molecule has 0 amide bonds. The Balaban J connectivity index is 2.19. The summed E-state index contributed by atoms with van der Waals surface area (Å²) < 4.78 is 0.959. The van der Waals surface area contributed by atoms with Gasteiger partial charge in [0, 0.05) is 18.4 Å². The van der Waals surface area contributed by atoms with Gasteiger partial charge in [-0.05, 0) is 52.2 Å². The first-order chi connectivity index (χ1) is 8.19. The number of halogens is 1. The van der Waals surface area contributed by atoms with Crippen LogP contribution in [0.2, 0.25) is 0 Å². The molecular formula is C13H14BrN3. The molecule has 17 heavy (non-hydrogen) atoms. The largest absolute Gasteiger partial charge is 0.339 e. The van der Waals surface area contributed by atoms with E-state index >= 15 is 0 Å². The summed E-state index contributed by atoms with van der Waals surface area (Å²) in [6.45, 7) is 2.57. The van der Waals surface area contributed by atoms with E-state index in [1.54, 1.807) is 0 Å². The van der Waals surface area contributed by atoms with Gasteiger partial charge in [0.1, 0.15) is 5.82 Å². The minimum absolute atomic E-state index is 0.562. The molecule has 0 aliphatic heterocycles. The highest BCUT2D eigenvalue weighted by Crippen LogP contribution is 2.24. The first-order valence-electron chi connectivity index (χ1n) is 5.37. The summed E-state index contributed by atoms with van der Waals surface area (Å²) in [5.41, 5.74) is 8.80. The second-order valence-electron chi connectivity index (χ2n) is 3.87. The first-order valence-corrected chi connectivity index (χ1v) is 6.16. The Morgan fingerprint density at radius 1 is 1.29 bits per heavy atom. The summed E-state index contributed by atoms with van der Waals surface area (Å²) in [6.07, 6.45) is 1.83. The number of benzene rings is 1. The molecule has 0 saturated carbocycles. The molecule has 0 atom stereocenters. The number of nitrogens with zero attached hydrogens (tertiary/aromatic N) is 1. The molecule has 1 aromatic heterocycles. The van der Waals surface area contributed by atoms with Crippen LogP contribution in [0.3, 0.4) is 0 Å². The topological polar surface area (TPSA) is 50.9 Å². The summed E-state index contributed by atoms with van der Waals surface area (Å²) >= 11 is 3.49. The molecule has 4 heteroatoms. The molecule has 0 radical (unpaired) electrons. The van der Waals surface area contributed by atoms with Crippen molar-refractivity contribution < 1.29 is 0 Å². The van der Waals surface area contributed by atoms with Crippen molar-refractivity contribution in [2.45, 2.75) is 13.5 Å². The zero-order chi connectivity index (χ0) is 12.3. The summed E-state index contributed by atoms with van der Waals surface area (Å²) in [4.78, 5) is 4.33. The number of hydrogen-bond acceptors (Lipinski definition) is 3. The average molecular weight is 292 g/mol. The second kappa shape index (κ2) is 5.29. The van der Waals surface area contributed by atoms with Crippen LogP contribution in [0.25, 0.3) is 0 Å². The fourth-order valence-corrected chi connectivity index (χ4v) is 2.05. The minimum atomic E-state index is 0.562. The van der Waals surface area contributed by atoms with E-state index in [2.05, 4.69) is 26.2 Å². The Morgan fingerprint density at radius 3 is 2.59 bits per heavy atom. The second-order valence-corrected chi connectivity index (χ2v) is 4.72. The molecule has 3 nitrogen and oxygen atoms in total. The highest BCUT2D eigenvalue weighted by molar-refractivity contribution is 9.10. The third-order valence-corrected chi connectivity index (χ3v) is 3.03. The maximum atomic E-state index is 5.55. The van der Waals surface area contributed by atoms with Crippen molar-refractivity contribution in [3.05, 3.63) is 52.1 Å². The lowest BCUT2D eigenvalue weighted by atomic mass is 10.2. The van der Waals surface area contributed by atoms with E-state index in [-0.39, 0.29) is 0 Å². The lowest BCUT2D eigenvalue weighted by Crippen LogP contribution is -1.98. The third kappa shape index (κ3) is 3.05. The number of nitrogens with one attached hydrogen (secondary N) is 1. The Kier molecular flexibility index (Phi) is 3.76. The lowest BCUT2D eigenvalue weighted by Gasteiger charge is -2.08. The van der Waals surface area contributed by atoms with E-state index in [4.69, 9.17) is 5.73 Å². The molecule has 0 bridgehead atoms. The van der Waals surface area contributed by atoms with E-state index in [0.29, 0.717) is 6.54 Å². The van der Waals surface area contributed by atoms with E-state index in [9.17, 15) is 0 Å². The average Bonchev–Trinajstić information content (AvgIpc) is 2.34. The number of nitrogens with two attached hydrogens (primary N) is 1. The predicted octanol–water partition coefficient (Wildman–Crippen LogP) is 3.35. The van der Waals surface area contributed by atoms with Gasteiger partial charge < -0.3 is 11.1 Å². The van der Waals surface area contributed by atoms with Crippen LogP contribution < -0.4 is 11.1 Å². The number of aryl methyl sites for hydroxylation is 1. The van der Waals surface area contributed by atoms with Gasteiger partial charge >= 0.3 is 0 Å². The molecule has 88 valence electrons. The first kappa shape index (κ1) is 12.1. The van der Waals surface area contributed by atoms with Gasteiger partial charge in [0.05, 0.1) is 4.47 Å². The van der Waals surface area contributed by atoms with Crippen molar-refractivity contribution in [2.24, 2.45) is 5.73 Å². The van der Waals surface area contributed by atoms with Crippen molar-refractivity contribution in [2.75, 3.05) is 5.32 Å². The van der Waals surface area contributed by atoms with Gasteiger partial charge in [0.2, 0.25) is 0 Å². The van der Waals surface area contributed by atoms with Crippen molar-refractivity contribution in [1.29, 1.82) is 0 Å². The van der Waals surface area contributed by atoms with Gasteiger partial charge in [-0.25, -0.2) is 4.98 Å². The molecule has 0 saturated heterocycles. The van der Waals surface area contributed by atoms with Crippen LogP contribution in [0.5, 0.6) is 0 Å². The Labute approximate surface area is 109 Å². The maximum Gasteiger partial charge on any atom is 0.144 e. The van der Waals surface area contributed by atoms with Gasteiger partial charge in [0.25, 0.3) is 0 Å². The van der Waals surface area contributed by atoms with E-state index in [0.717, 1.165) is 27.1 Å². The molecule has 0 aliphatic rings. The molecular weight excluding hydrogens is 278 g/mol. The number of hydrogen-bond donors (Lipinski definition) is 2. The Morgan fingerprint density at radius 2 is 2.00 bits per heavy atom. The lowest BCUT2D eigenvalue weighted by molar-refractivity contribution is 1.07. The summed E-state index contributed by atoms with van der Waals surface area (Å²) in [5, 5.41) is 3.25. The third-order valence-electron chi connectivity index (χ3n) is 2.43. The van der Waals surface area contributed by atoms with Gasteiger partial charge in [0.15, 0.2) is 0 Å².